The van der Waals surface area contributed by atoms with E-state index in [0.29, 0.717) is 13.0 Å². The molecule has 1 rings (SSSR count). The van der Waals surface area contributed by atoms with Crippen molar-refractivity contribution in [3.05, 3.63) is 12.2 Å². The molecule has 0 saturated carbocycles. The molecule has 1 N–H and O–H groups in total. The third kappa shape index (κ3) is 1.19. The average Bonchev–Trinajstić information content (AvgIpc) is 1.89. The maximum absolute atomic E-state index is 10.5. The minimum atomic E-state index is -0.991. The molecule has 0 aromatic carbocycles. The molecule has 56 valence electrons. The Hall–Kier alpha value is -0.830. The van der Waals surface area contributed by atoms with E-state index in [1.807, 2.05) is 12.2 Å². The van der Waals surface area contributed by atoms with Crippen LogP contribution in [0.15, 0.2) is 12.2 Å². The quantitative estimate of drug-likeness (QED) is 0.551. The Morgan fingerprint density at radius 3 is 2.70 bits per heavy atom. The van der Waals surface area contributed by atoms with Crippen molar-refractivity contribution in [1.82, 2.24) is 0 Å². The highest BCUT2D eigenvalue weighted by Crippen LogP contribution is 2.19. The summed E-state index contributed by atoms with van der Waals surface area (Å²) in [7, 11) is 0. The van der Waals surface area contributed by atoms with Gasteiger partial charge in [0.05, 0.1) is 6.61 Å². The zero-order valence-electron chi connectivity index (χ0n) is 5.83. The van der Waals surface area contributed by atoms with Crippen LogP contribution in [0.1, 0.15) is 13.3 Å². The minimum absolute atomic E-state index is 0.406. The Kier molecular flexibility index (Phi) is 1.76. The molecule has 1 unspecified atom stereocenters. The van der Waals surface area contributed by atoms with Crippen LogP contribution in [-0.2, 0) is 9.53 Å². The second-order valence-corrected chi connectivity index (χ2v) is 2.52. The van der Waals surface area contributed by atoms with E-state index in [-0.39, 0.29) is 0 Å². The van der Waals surface area contributed by atoms with Gasteiger partial charge in [0, 0.05) is 6.42 Å². The molecule has 0 fully saturated rings. The van der Waals surface area contributed by atoms with Gasteiger partial charge in [0.2, 0.25) is 0 Å². The maximum Gasteiger partial charge on any atom is 0.336 e. The molecule has 0 spiro atoms. The van der Waals surface area contributed by atoms with Gasteiger partial charge in [-0.1, -0.05) is 12.2 Å². The first-order valence-corrected chi connectivity index (χ1v) is 3.17. The van der Waals surface area contributed by atoms with Gasteiger partial charge in [0.1, 0.15) is 0 Å². The molecular formula is C7H10O3. The van der Waals surface area contributed by atoms with E-state index in [4.69, 9.17) is 9.84 Å². The first kappa shape index (κ1) is 7.28. The number of aliphatic carboxylic acids is 1. The average molecular weight is 142 g/mol. The van der Waals surface area contributed by atoms with E-state index < -0.39 is 11.6 Å². The second-order valence-electron chi connectivity index (χ2n) is 2.52. The Bertz CT molecular complexity index is 174. The Morgan fingerprint density at radius 2 is 2.40 bits per heavy atom. The summed E-state index contributed by atoms with van der Waals surface area (Å²) in [6.07, 6.45) is 4.12. The number of ether oxygens (including phenoxy) is 1. The van der Waals surface area contributed by atoms with Gasteiger partial charge in [0.25, 0.3) is 0 Å². The number of carboxylic acids is 1. The topological polar surface area (TPSA) is 46.5 Å². The van der Waals surface area contributed by atoms with E-state index in [1.165, 1.54) is 0 Å². The molecule has 0 aromatic heterocycles. The van der Waals surface area contributed by atoms with Crippen LogP contribution in [0.2, 0.25) is 0 Å². The molecular weight excluding hydrogens is 132 g/mol. The zero-order valence-corrected chi connectivity index (χ0v) is 5.83. The van der Waals surface area contributed by atoms with Crippen molar-refractivity contribution in [3.63, 3.8) is 0 Å². The van der Waals surface area contributed by atoms with Crippen LogP contribution in [0.3, 0.4) is 0 Å². The van der Waals surface area contributed by atoms with E-state index in [1.54, 1.807) is 6.92 Å². The van der Waals surface area contributed by atoms with Crippen molar-refractivity contribution >= 4 is 5.97 Å². The highest BCUT2D eigenvalue weighted by molar-refractivity contribution is 5.77. The van der Waals surface area contributed by atoms with Gasteiger partial charge < -0.3 is 9.84 Å². The Balaban J connectivity index is 2.68. The lowest BCUT2D eigenvalue weighted by atomic mass is 10.0. The third-order valence-electron chi connectivity index (χ3n) is 1.62. The molecule has 0 amide bonds. The lowest BCUT2D eigenvalue weighted by Crippen LogP contribution is -2.39. The lowest BCUT2D eigenvalue weighted by molar-refractivity contribution is -0.162. The lowest BCUT2D eigenvalue weighted by Gasteiger charge is -2.25. The summed E-state index contributed by atoms with van der Waals surface area (Å²) in [5.74, 6) is -0.892. The largest absolute Gasteiger partial charge is 0.479 e. The smallest absolute Gasteiger partial charge is 0.336 e. The number of hydrogen-bond donors (Lipinski definition) is 1. The van der Waals surface area contributed by atoms with Gasteiger partial charge in [-0.25, -0.2) is 4.79 Å². The fourth-order valence-electron chi connectivity index (χ4n) is 0.816. The van der Waals surface area contributed by atoms with Crippen molar-refractivity contribution in [2.45, 2.75) is 18.9 Å². The predicted molar refractivity (Wildman–Crippen MR) is 35.7 cm³/mol. The first-order chi connectivity index (χ1) is 4.65. The fourth-order valence-corrected chi connectivity index (χ4v) is 0.816. The number of carbonyl (C=O) groups is 1. The van der Waals surface area contributed by atoms with Gasteiger partial charge in [-0.15, -0.1) is 0 Å². The SMILES string of the molecule is CC1(C(=O)O)CC=CCO1. The molecule has 0 radical (unpaired) electrons. The highest BCUT2D eigenvalue weighted by atomic mass is 16.5. The molecule has 1 heterocycles. The molecule has 1 atom stereocenters. The van der Waals surface area contributed by atoms with Crippen molar-refractivity contribution in [1.29, 1.82) is 0 Å². The van der Waals surface area contributed by atoms with Gasteiger partial charge in [-0.05, 0) is 6.92 Å². The Labute approximate surface area is 59.3 Å². The normalized spacial score (nSPS) is 32.1. The van der Waals surface area contributed by atoms with Crippen LogP contribution in [0.5, 0.6) is 0 Å². The van der Waals surface area contributed by atoms with Gasteiger partial charge in [-0.2, -0.15) is 0 Å². The number of carboxylic acid groups (broad SMARTS) is 1. The van der Waals surface area contributed by atoms with E-state index in [9.17, 15) is 4.79 Å². The zero-order chi connectivity index (χ0) is 7.61. The number of rotatable bonds is 1. The van der Waals surface area contributed by atoms with Gasteiger partial charge in [-0.3, -0.25) is 0 Å². The van der Waals surface area contributed by atoms with Crippen molar-refractivity contribution in [3.8, 4) is 0 Å². The van der Waals surface area contributed by atoms with Crippen LogP contribution < -0.4 is 0 Å². The summed E-state index contributed by atoms with van der Waals surface area (Å²) < 4.78 is 5.04. The maximum atomic E-state index is 10.5. The number of hydrogen-bond acceptors (Lipinski definition) is 2. The summed E-state index contributed by atoms with van der Waals surface area (Å²) in [5.41, 5.74) is -0.991. The van der Waals surface area contributed by atoms with Crippen LogP contribution in [0.25, 0.3) is 0 Å². The summed E-state index contributed by atoms with van der Waals surface area (Å²) in [4.78, 5) is 10.5. The van der Waals surface area contributed by atoms with Crippen LogP contribution in [0, 0.1) is 0 Å². The van der Waals surface area contributed by atoms with Crippen LogP contribution in [0.4, 0.5) is 0 Å². The second kappa shape index (κ2) is 2.42. The molecule has 0 bridgehead atoms. The molecule has 1 aliphatic rings. The Morgan fingerprint density at radius 1 is 1.70 bits per heavy atom. The first-order valence-electron chi connectivity index (χ1n) is 3.17. The van der Waals surface area contributed by atoms with Crippen molar-refractivity contribution < 1.29 is 14.6 Å². The molecule has 0 aliphatic carbocycles. The van der Waals surface area contributed by atoms with Gasteiger partial charge >= 0.3 is 5.97 Å². The van der Waals surface area contributed by atoms with E-state index >= 15 is 0 Å². The summed E-state index contributed by atoms with van der Waals surface area (Å²) in [6.45, 7) is 1.99. The molecule has 0 saturated heterocycles. The van der Waals surface area contributed by atoms with Crippen LogP contribution in [-0.4, -0.2) is 23.3 Å². The molecule has 0 aromatic rings. The summed E-state index contributed by atoms with van der Waals surface area (Å²) >= 11 is 0. The van der Waals surface area contributed by atoms with Crippen molar-refractivity contribution in [2.75, 3.05) is 6.61 Å². The predicted octanol–water partition coefficient (Wildman–Crippen LogP) is 0.806. The summed E-state index contributed by atoms with van der Waals surface area (Å²) in [6, 6.07) is 0. The van der Waals surface area contributed by atoms with E-state index in [0.717, 1.165) is 0 Å². The molecule has 1 aliphatic heterocycles. The van der Waals surface area contributed by atoms with Gasteiger partial charge in [0.15, 0.2) is 5.60 Å². The minimum Gasteiger partial charge on any atom is -0.479 e. The molecule has 3 heteroatoms. The fraction of sp³-hybridized carbons (Fsp3) is 0.571. The molecule has 3 nitrogen and oxygen atoms in total. The van der Waals surface area contributed by atoms with Crippen LogP contribution >= 0.6 is 0 Å². The van der Waals surface area contributed by atoms with E-state index in [2.05, 4.69) is 0 Å². The van der Waals surface area contributed by atoms with Crippen molar-refractivity contribution in [2.24, 2.45) is 0 Å². The summed E-state index contributed by atoms with van der Waals surface area (Å²) in [5, 5.41) is 8.64. The highest BCUT2D eigenvalue weighted by Gasteiger charge is 2.33. The third-order valence-corrected chi connectivity index (χ3v) is 1.62. The molecule has 10 heavy (non-hydrogen) atoms. The monoisotopic (exact) mass is 142 g/mol. The standard InChI is InChI=1S/C7H10O3/c1-7(6(8)9)4-2-3-5-10-7/h2-3H,4-5H2,1H3,(H,8,9).